The minimum absolute atomic E-state index is 0.0915. The molecule has 1 saturated heterocycles. The summed E-state index contributed by atoms with van der Waals surface area (Å²) < 4.78 is 5.18. The summed E-state index contributed by atoms with van der Waals surface area (Å²) >= 11 is 0.704. The van der Waals surface area contributed by atoms with Crippen molar-refractivity contribution >= 4 is 40.4 Å². The van der Waals surface area contributed by atoms with Crippen LogP contribution in [0.15, 0.2) is 47.4 Å². The third-order valence-corrected chi connectivity index (χ3v) is 4.47. The van der Waals surface area contributed by atoms with Crippen molar-refractivity contribution < 1.29 is 24.4 Å². The van der Waals surface area contributed by atoms with Gasteiger partial charge in [-0.25, -0.2) is 4.90 Å². The fourth-order valence-corrected chi connectivity index (χ4v) is 3.24. The van der Waals surface area contributed by atoms with E-state index in [0.29, 0.717) is 23.2 Å². The van der Waals surface area contributed by atoms with Crippen molar-refractivity contribution in [2.24, 2.45) is 0 Å². The van der Waals surface area contributed by atoms with Crippen LogP contribution in [0.5, 0.6) is 11.5 Å². The molecular formula is C17H11N2O6S-. The number of benzene rings is 2. The number of rotatable bonds is 4. The number of amides is 2. The Morgan fingerprint density at radius 3 is 2.62 bits per heavy atom. The largest absolute Gasteiger partial charge is 0.868 e. The summed E-state index contributed by atoms with van der Waals surface area (Å²) in [5, 5.41) is 21.8. The molecule has 1 fully saturated rings. The van der Waals surface area contributed by atoms with Gasteiger partial charge in [-0.05, 0) is 41.3 Å². The average Bonchev–Trinajstić information content (AvgIpc) is 2.89. The number of nitro groups is 1. The lowest BCUT2D eigenvalue weighted by atomic mass is 10.1. The molecule has 3 rings (SSSR count). The van der Waals surface area contributed by atoms with Crippen LogP contribution in [0.1, 0.15) is 5.56 Å². The summed E-state index contributed by atoms with van der Waals surface area (Å²) in [5.41, 5.74) is -0.00804. The second-order valence-corrected chi connectivity index (χ2v) is 6.17. The molecule has 0 spiro atoms. The van der Waals surface area contributed by atoms with E-state index < -0.39 is 27.5 Å². The highest BCUT2D eigenvalue weighted by Gasteiger charge is 2.37. The molecule has 8 nitrogen and oxygen atoms in total. The SMILES string of the molecule is COc1ccccc1N1C(=O)S/C(=C\c2ccc([O-])c([N+](=O)[O-])c2)C1=O. The predicted molar refractivity (Wildman–Crippen MR) is 94.0 cm³/mol. The van der Waals surface area contributed by atoms with E-state index in [-0.39, 0.29) is 10.5 Å². The van der Waals surface area contributed by atoms with Gasteiger partial charge in [-0.15, -0.1) is 0 Å². The number of carbonyl (C=O) groups is 2. The van der Waals surface area contributed by atoms with Gasteiger partial charge in [0.25, 0.3) is 16.8 Å². The molecule has 0 N–H and O–H groups in total. The molecule has 2 amide bonds. The van der Waals surface area contributed by atoms with Crippen molar-refractivity contribution in [2.45, 2.75) is 0 Å². The van der Waals surface area contributed by atoms with Crippen LogP contribution in [0.3, 0.4) is 0 Å². The quantitative estimate of drug-likeness (QED) is 0.461. The smallest absolute Gasteiger partial charge is 0.298 e. The molecule has 1 aliphatic heterocycles. The van der Waals surface area contributed by atoms with E-state index in [9.17, 15) is 24.8 Å². The third kappa shape index (κ3) is 3.11. The normalized spacial score (nSPS) is 15.6. The molecule has 0 unspecified atom stereocenters. The number of ether oxygens (including phenoxy) is 1. The van der Waals surface area contributed by atoms with Gasteiger partial charge >= 0.3 is 0 Å². The van der Waals surface area contributed by atoms with Crippen LogP contribution in [0, 0.1) is 10.1 Å². The van der Waals surface area contributed by atoms with Gasteiger partial charge in [0.2, 0.25) is 0 Å². The van der Waals surface area contributed by atoms with Gasteiger partial charge in [0, 0.05) is 6.07 Å². The molecule has 1 heterocycles. The van der Waals surface area contributed by atoms with Crippen LogP contribution in [0.25, 0.3) is 6.08 Å². The monoisotopic (exact) mass is 371 g/mol. The summed E-state index contributed by atoms with van der Waals surface area (Å²) in [6, 6.07) is 10.1. The maximum Gasteiger partial charge on any atom is 0.298 e. The van der Waals surface area contributed by atoms with Crippen molar-refractivity contribution in [3.63, 3.8) is 0 Å². The Morgan fingerprint density at radius 1 is 1.19 bits per heavy atom. The van der Waals surface area contributed by atoms with Crippen molar-refractivity contribution in [3.05, 3.63) is 63.0 Å². The number of thioether (sulfide) groups is 1. The number of para-hydroxylation sites is 2. The summed E-state index contributed by atoms with van der Waals surface area (Å²) in [6.07, 6.45) is 1.34. The van der Waals surface area contributed by atoms with Gasteiger partial charge in [0.05, 0.1) is 22.6 Å². The standard InChI is InChI=1S/C17H12N2O6S/c1-25-14-5-3-2-4-11(14)18-16(21)15(26-17(18)22)9-10-6-7-13(20)12(8-10)19(23)24/h2-9,20H,1H3/p-1/b15-9-. The fourth-order valence-electron chi connectivity index (χ4n) is 2.41. The molecular weight excluding hydrogens is 360 g/mol. The highest BCUT2D eigenvalue weighted by Crippen LogP contribution is 2.39. The molecule has 0 radical (unpaired) electrons. The zero-order valence-electron chi connectivity index (χ0n) is 13.4. The Morgan fingerprint density at radius 2 is 1.92 bits per heavy atom. The molecule has 132 valence electrons. The van der Waals surface area contributed by atoms with Gasteiger partial charge in [0.15, 0.2) is 0 Å². The van der Waals surface area contributed by atoms with E-state index in [1.807, 2.05) is 0 Å². The Labute approximate surface area is 151 Å². The van der Waals surface area contributed by atoms with Crippen molar-refractivity contribution in [1.82, 2.24) is 0 Å². The van der Waals surface area contributed by atoms with Gasteiger partial charge in [-0.3, -0.25) is 19.7 Å². The molecule has 2 aromatic carbocycles. The number of methoxy groups -OCH3 is 1. The number of hydrogen-bond acceptors (Lipinski definition) is 7. The molecule has 2 aromatic rings. The number of nitrogens with zero attached hydrogens (tertiary/aromatic N) is 2. The third-order valence-electron chi connectivity index (χ3n) is 3.60. The summed E-state index contributed by atoms with van der Waals surface area (Å²) in [5.74, 6) is -0.935. The van der Waals surface area contributed by atoms with Gasteiger partial charge in [-0.2, -0.15) is 0 Å². The van der Waals surface area contributed by atoms with Crippen molar-refractivity contribution in [3.8, 4) is 11.5 Å². The van der Waals surface area contributed by atoms with Crippen LogP contribution in [0.2, 0.25) is 0 Å². The molecule has 9 heteroatoms. The molecule has 0 bridgehead atoms. The number of anilines is 1. The maximum absolute atomic E-state index is 12.6. The van der Waals surface area contributed by atoms with E-state index in [2.05, 4.69) is 0 Å². The number of nitro benzene ring substituents is 1. The predicted octanol–water partition coefficient (Wildman–Crippen LogP) is 2.92. The van der Waals surface area contributed by atoms with E-state index in [4.69, 9.17) is 4.74 Å². The van der Waals surface area contributed by atoms with Crippen LogP contribution in [-0.2, 0) is 4.79 Å². The molecule has 26 heavy (non-hydrogen) atoms. The zero-order valence-corrected chi connectivity index (χ0v) is 14.2. The molecule has 0 saturated carbocycles. The highest BCUT2D eigenvalue weighted by molar-refractivity contribution is 8.19. The van der Waals surface area contributed by atoms with Crippen LogP contribution in [-0.4, -0.2) is 23.2 Å². The molecule has 0 aromatic heterocycles. The first kappa shape index (κ1) is 17.5. The Balaban J connectivity index is 1.98. The summed E-state index contributed by atoms with van der Waals surface area (Å²) in [4.78, 5) is 36.1. The van der Waals surface area contributed by atoms with Gasteiger partial charge in [-0.1, -0.05) is 24.3 Å². The first-order valence-corrected chi connectivity index (χ1v) is 8.10. The number of imide groups is 1. The Bertz CT molecular complexity index is 956. The Hall–Kier alpha value is -3.33. The second-order valence-electron chi connectivity index (χ2n) is 5.17. The van der Waals surface area contributed by atoms with Crippen molar-refractivity contribution in [1.29, 1.82) is 0 Å². The van der Waals surface area contributed by atoms with Crippen LogP contribution >= 0.6 is 11.8 Å². The second kappa shape index (κ2) is 6.89. The topological polar surface area (TPSA) is 113 Å². The van der Waals surface area contributed by atoms with Gasteiger partial charge in [0.1, 0.15) is 5.75 Å². The number of carbonyl (C=O) groups excluding carboxylic acids is 2. The van der Waals surface area contributed by atoms with Crippen LogP contribution in [0.4, 0.5) is 16.2 Å². The Kier molecular flexibility index (Phi) is 4.63. The zero-order chi connectivity index (χ0) is 18.8. The van der Waals surface area contributed by atoms with E-state index in [0.717, 1.165) is 17.0 Å². The van der Waals surface area contributed by atoms with E-state index in [1.54, 1.807) is 24.3 Å². The first-order chi connectivity index (χ1) is 12.4. The van der Waals surface area contributed by atoms with E-state index in [1.165, 1.54) is 19.3 Å². The van der Waals surface area contributed by atoms with E-state index >= 15 is 0 Å². The maximum atomic E-state index is 12.6. The van der Waals surface area contributed by atoms with Crippen LogP contribution < -0.4 is 14.7 Å². The molecule has 0 aliphatic carbocycles. The highest BCUT2D eigenvalue weighted by atomic mass is 32.2. The number of hydrogen-bond donors (Lipinski definition) is 0. The first-order valence-electron chi connectivity index (χ1n) is 7.29. The van der Waals surface area contributed by atoms with Gasteiger partial charge < -0.3 is 9.84 Å². The molecule has 1 aliphatic rings. The lowest BCUT2D eigenvalue weighted by Gasteiger charge is -2.15. The lowest BCUT2D eigenvalue weighted by molar-refractivity contribution is -0.398. The average molecular weight is 371 g/mol. The summed E-state index contributed by atoms with van der Waals surface area (Å²) in [6.45, 7) is 0. The lowest BCUT2D eigenvalue weighted by Crippen LogP contribution is -2.28. The summed E-state index contributed by atoms with van der Waals surface area (Å²) in [7, 11) is 1.43. The van der Waals surface area contributed by atoms with Crippen molar-refractivity contribution in [2.75, 3.05) is 12.0 Å². The minimum Gasteiger partial charge on any atom is -0.868 e. The molecule has 0 atom stereocenters. The minimum atomic E-state index is -0.791. The fraction of sp³-hybridized carbons (Fsp3) is 0.0588.